The Labute approximate surface area is 227 Å². The molecule has 0 saturated carbocycles. The van der Waals surface area contributed by atoms with Crippen LogP contribution < -0.4 is 9.46 Å². The zero-order valence-electron chi connectivity index (χ0n) is 21.5. The number of nitrogens with zero attached hydrogens (tertiary/aromatic N) is 2. The van der Waals surface area contributed by atoms with Crippen LogP contribution in [0.25, 0.3) is 10.9 Å². The number of rotatable bonds is 10. The topological polar surface area (TPSA) is 121 Å². The second-order valence-electron chi connectivity index (χ2n) is 8.84. The molecule has 0 aliphatic carbocycles. The third-order valence-corrected chi connectivity index (χ3v) is 7.94. The molecule has 0 aliphatic rings. The Morgan fingerprint density at radius 2 is 1.77 bits per heavy atom. The molecule has 1 unspecified atom stereocenters. The van der Waals surface area contributed by atoms with Crippen LogP contribution in [0.5, 0.6) is 5.75 Å². The molecule has 8 nitrogen and oxygen atoms in total. The van der Waals surface area contributed by atoms with Gasteiger partial charge in [-0.25, -0.2) is 8.42 Å². The van der Waals surface area contributed by atoms with Gasteiger partial charge in [0.05, 0.1) is 16.5 Å². The van der Waals surface area contributed by atoms with Crippen molar-refractivity contribution in [2.45, 2.75) is 37.8 Å². The first-order valence-corrected chi connectivity index (χ1v) is 13.7. The first-order chi connectivity index (χ1) is 18.7. The van der Waals surface area contributed by atoms with E-state index in [-0.39, 0.29) is 17.9 Å². The summed E-state index contributed by atoms with van der Waals surface area (Å²) in [6.45, 7) is 4.16. The number of hydrogen-bond donors (Lipinski definition) is 2. The van der Waals surface area contributed by atoms with Gasteiger partial charge in [-0.3, -0.25) is 4.79 Å². The van der Waals surface area contributed by atoms with Gasteiger partial charge in [-0.1, -0.05) is 42.3 Å². The van der Waals surface area contributed by atoms with Crippen molar-refractivity contribution in [2.24, 2.45) is 0 Å². The van der Waals surface area contributed by atoms with Gasteiger partial charge in [0.15, 0.2) is 0 Å². The average molecular weight is 542 g/mol. The summed E-state index contributed by atoms with van der Waals surface area (Å²) in [5.41, 5.74) is 3.78. The van der Waals surface area contributed by atoms with Gasteiger partial charge in [-0.05, 0) is 61.4 Å². The van der Waals surface area contributed by atoms with Crippen LogP contribution in [-0.2, 0) is 27.8 Å². The first-order valence-electron chi connectivity index (χ1n) is 12.2. The Balaban J connectivity index is 1.63. The number of hydrogen-bond acceptors (Lipinski definition) is 5. The molecule has 9 heteroatoms. The van der Waals surface area contributed by atoms with E-state index < -0.39 is 22.0 Å². The van der Waals surface area contributed by atoms with Crippen LogP contribution in [0.3, 0.4) is 0 Å². The molecule has 0 amide bonds. The van der Waals surface area contributed by atoms with E-state index >= 15 is 0 Å². The van der Waals surface area contributed by atoms with E-state index in [4.69, 9.17) is 4.74 Å². The maximum Gasteiger partial charge on any atom is 0.322 e. The molecule has 0 radical (unpaired) electrons. The van der Waals surface area contributed by atoms with Crippen molar-refractivity contribution < 1.29 is 23.1 Å². The number of carboxylic acid groups (broad SMARTS) is 1. The average Bonchev–Trinajstić information content (AvgIpc) is 3.19. The van der Waals surface area contributed by atoms with Crippen molar-refractivity contribution in [1.82, 2.24) is 9.29 Å². The first kappa shape index (κ1) is 27.5. The molecule has 1 heterocycles. The van der Waals surface area contributed by atoms with Crippen LogP contribution >= 0.6 is 0 Å². The zero-order chi connectivity index (χ0) is 28.0. The number of benzene rings is 3. The fraction of sp³-hybridized carbons (Fsp3) is 0.200. The van der Waals surface area contributed by atoms with Crippen molar-refractivity contribution >= 4 is 26.9 Å². The lowest BCUT2D eigenvalue weighted by Gasteiger charge is -2.16. The second-order valence-corrected chi connectivity index (χ2v) is 10.6. The maximum atomic E-state index is 13.1. The Hall–Kier alpha value is -4.57. The van der Waals surface area contributed by atoms with Crippen LogP contribution in [-0.4, -0.2) is 36.7 Å². The van der Waals surface area contributed by atoms with Crippen LogP contribution in [0.15, 0.2) is 77.7 Å². The molecule has 0 bridgehead atoms. The highest BCUT2D eigenvalue weighted by Crippen LogP contribution is 2.29. The third kappa shape index (κ3) is 6.12. The van der Waals surface area contributed by atoms with Gasteiger partial charge in [-0.15, -0.1) is 5.92 Å². The van der Waals surface area contributed by atoms with Crippen LogP contribution in [0.2, 0.25) is 0 Å². The Morgan fingerprint density at radius 3 is 2.46 bits per heavy atom. The molecule has 39 heavy (non-hydrogen) atoms. The molecule has 1 atom stereocenters. The van der Waals surface area contributed by atoms with E-state index in [1.807, 2.05) is 47.9 Å². The number of fused-ring (bicyclic) bond motifs is 1. The van der Waals surface area contributed by atoms with Crippen molar-refractivity contribution in [3.63, 3.8) is 0 Å². The SMILES string of the molecule is CC#CCOc1ccc(S(=O)(=O)NC(Cc2c(C)n(Cc3ccccc3C#N)c3ccccc23)C(=O)O)cc1. The van der Waals surface area contributed by atoms with E-state index in [1.54, 1.807) is 19.1 Å². The lowest BCUT2D eigenvalue weighted by atomic mass is 10.0. The number of nitrogens with one attached hydrogen (secondary N) is 1. The highest BCUT2D eigenvalue weighted by Gasteiger charge is 2.28. The molecule has 0 spiro atoms. The molecule has 1 aromatic heterocycles. The largest absolute Gasteiger partial charge is 0.481 e. The molecule has 198 valence electrons. The number of nitriles is 1. The summed E-state index contributed by atoms with van der Waals surface area (Å²) < 4.78 is 36.0. The molecule has 2 N–H and O–H groups in total. The summed E-state index contributed by atoms with van der Waals surface area (Å²) in [7, 11) is -4.14. The highest BCUT2D eigenvalue weighted by atomic mass is 32.2. The Kier molecular flexibility index (Phi) is 8.36. The minimum atomic E-state index is -4.14. The fourth-order valence-corrected chi connectivity index (χ4v) is 5.64. The van der Waals surface area contributed by atoms with Crippen molar-refractivity contribution in [3.05, 3.63) is 95.2 Å². The molecule has 3 aromatic carbocycles. The Bertz CT molecular complexity index is 1720. The molecule has 0 fully saturated rings. The van der Waals surface area contributed by atoms with E-state index in [0.29, 0.717) is 17.9 Å². The highest BCUT2D eigenvalue weighted by molar-refractivity contribution is 7.89. The lowest BCUT2D eigenvalue weighted by Crippen LogP contribution is -2.42. The van der Waals surface area contributed by atoms with Gasteiger partial charge in [0.25, 0.3) is 0 Å². The number of ether oxygens (including phenoxy) is 1. The van der Waals surface area contributed by atoms with Gasteiger partial charge in [0, 0.05) is 29.6 Å². The van der Waals surface area contributed by atoms with Gasteiger partial charge in [0.2, 0.25) is 10.0 Å². The summed E-state index contributed by atoms with van der Waals surface area (Å²) in [5, 5.41) is 20.3. The normalized spacial score (nSPS) is 11.8. The third-order valence-electron chi connectivity index (χ3n) is 6.45. The summed E-state index contributed by atoms with van der Waals surface area (Å²) in [6, 6.07) is 21.4. The van der Waals surface area contributed by atoms with Crippen molar-refractivity contribution in [1.29, 1.82) is 5.26 Å². The second kappa shape index (κ2) is 11.9. The minimum absolute atomic E-state index is 0.0648. The fourth-order valence-electron chi connectivity index (χ4n) is 4.45. The molecule has 0 aliphatic heterocycles. The quantitative estimate of drug-likeness (QED) is 0.290. The Morgan fingerprint density at radius 1 is 1.08 bits per heavy atom. The van der Waals surface area contributed by atoms with Gasteiger partial charge in [0.1, 0.15) is 18.4 Å². The predicted molar refractivity (Wildman–Crippen MR) is 148 cm³/mol. The molecule has 0 saturated heterocycles. The number of aliphatic carboxylic acids is 1. The summed E-state index contributed by atoms with van der Waals surface area (Å²) >= 11 is 0. The molecular weight excluding hydrogens is 514 g/mol. The number of sulfonamides is 1. The molecule has 4 aromatic rings. The van der Waals surface area contributed by atoms with Gasteiger partial charge in [-0.2, -0.15) is 9.98 Å². The van der Waals surface area contributed by atoms with Crippen LogP contribution in [0.4, 0.5) is 0 Å². The van der Waals surface area contributed by atoms with E-state index in [1.165, 1.54) is 24.3 Å². The monoisotopic (exact) mass is 541 g/mol. The zero-order valence-corrected chi connectivity index (χ0v) is 22.3. The number of carbonyl (C=O) groups is 1. The number of carboxylic acids is 1. The predicted octanol–water partition coefficient (Wildman–Crippen LogP) is 4.25. The summed E-state index contributed by atoms with van der Waals surface area (Å²) in [5.74, 6) is 4.63. The van der Waals surface area contributed by atoms with Crippen LogP contribution in [0.1, 0.15) is 29.3 Å². The van der Waals surface area contributed by atoms with E-state index in [9.17, 15) is 23.6 Å². The van der Waals surface area contributed by atoms with E-state index in [0.717, 1.165) is 27.7 Å². The smallest absolute Gasteiger partial charge is 0.322 e. The van der Waals surface area contributed by atoms with Crippen molar-refractivity contribution in [3.8, 4) is 23.7 Å². The van der Waals surface area contributed by atoms with Gasteiger partial charge >= 0.3 is 5.97 Å². The molecular formula is C30H27N3O5S. The summed E-state index contributed by atoms with van der Waals surface area (Å²) in [6.07, 6.45) is -0.0648. The van der Waals surface area contributed by atoms with Gasteiger partial charge < -0.3 is 14.4 Å². The summed E-state index contributed by atoms with van der Waals surface area (Å²) in [4.78, 5) is 12.2. The standard InChI is InChI=1S/C30H27N3O5S/c1-3-4-17-38-24-13-15-25(16-14-24)39(36,37)32-28(30(34)35)18-27-21(2)33(29-12-8-7-11-26(27)29)20-23-10-6-5-9-22(23)19-31/h5-16,28,32H,17-18,20H2,1-2H3,(H,34,35). The number of para-hydroxylation sites is 1. The van der Waals surface area contributed by atoms with Crippen LogP contribution in [0, 0.1) is 30.1 Å². The lowest BCUT2D eigenvalue weighted by molar-refractivity contribution is -0.138. The van der Waals surface area contributed by atoms with Crippen molar-refractivity contribution in [2.75, 3.05) is 6.61 Å². The van der Waals surface area contributed by atoms with E-state index in [2.05, 4.69) is 22.6 Å². The molecule has 4 rings (SSSR count). The maximum absolute atomic E-state index is 13.1. The minimum Gasteiger partial charge on any atom is -0.481 e. The number of aromatic nitrogens is 1.